The Kier molecular flexibility index (Phi) is 6.36. The van der Waals surface area contributed by atoms with Gasteiger partial charge in [0, 0.05) is 26.6 Å². The van der Waals surface area contributed by atoms with Crippen LogP contribution in [0.1, 0.15) is 32.3 Å². The number of nitrogens with zero attached hydrogens (tertiary/aromatic N) is 1. The highest BCUT2D eigenvalue weighted by Gasteiger charge is 2.16. The van der Waals surface area contributed by atoms with Crippen LogP contribution in [-0.4, -0.2) is 38.8 Å². The van der Waals surface area contributed by atoms with Crippen LogP contribution in [0.2, 0.25) is 0 Å². The summed E-state index contributed by atoms with van der Waals surface area (Å²) in [5.74, 6) is 0.0225. The Bertz CT molecular complexity index is 565. The van der Waals surface area contributed by atoms with Gasteiger partial charge in [0.05, 0.1) is 4.90 Å². The summed E-state index contributed by atoms with van der Waals surface area (Å²) >= 11 is 0. The number of sulfonamides is 1. The number of rotatable bonds is 7. The summed E-state index contributed by atoms with van der Waals surface area (Å²) in [5.41, 5.74) is 0.951. The smallest absolute Gasteiger partial charge is 0.242 e. The van der Waals surface area contributed by atoms with E-state index in [9.17, 15) is 13.2 Å². The number of hydrogen-bond donors (Lipinski definition) is 1. The number of amides is 1. The van der Waals surface area contributed by atoms with Crippen LogP contribution in [0.5, 0.6) is 0 Å². The highest BCUT2D eigenvalue weighted by molar-refractivity contribution is 7.89. The van der Waals surface area contributed by atoms with E-state index >= 15 is 0 Å². The van der Waals surface area contributed by atoms with Gasteiger partial charge in [0.2, 0.25) is 15.9 Å². The van der Waals surface area contributed by atoms with Crippen molar-refractivity contribution in [3.63, 3.8) is 0 Å². The number of carbonyl (C=O) groups excluding carboxylic acids is 1. The summed E-state index contributed by atoms with van der Waals surface area (Å²) in [7, 11) is -0.385. The zero-order valence-electron chi connectivity index (χ0n) is 13.1. The first kappa shape index (κ1) is 17.7. The summed E-state index contributed by atoms with van der Waals surface area (Å²) in [6.45, 7) is 3.99. The zero-order chi connectivity index (χ0) is 16.0. The van der Waals surface area contributed by atoms with E-state index in [0.717, 1.165) is 12.0 Å². The Morgan fingerprint density at radius 1 is 1.24 bits per heavy atom. The summed E-state index contributed by atoms with van der Waals surface area (Å²) in [6.07, 6.45) is 1.91. The topological polar surface area (TPSA) is 66.5 Å². The molecule has 0 unspecified atom stereocenters. The SMILES string of the molecule is CC[C@H](C)NC(=O)CCc1ccc(S(=O)(=O)N(C)C)cc1. The Labute approximate surface area is 127 Å². The highest BCUT2D eigenvalue weighted by atomic mass is 32.2. The van der Waals surface area contributed by atoms with Crippen molar-refractivity contribution in [2.75, 3.05) is 14.1 Å². The molecular formula is C15H24N2O3S. The van der Waals surface area contributed by atoms with Crippen molar-refractivity contribution < 1.29 is 13.2 Å². The van der Waals surface area contributed by atoms with E-state index in [1.165, 1.54) is 18.4 Å². The standard InChI is InChI=1S/C15H24N2O3S/c1-5-12(2)16-15(18)11-8-13-6-9-14(10-7-13)21(19,20)17(3)4/h6-7,9-10,12H,5,8,11H2,1-4H3,(H,16,18)/t12-/m0/s1. The maximum absolute atomic E-state index is 11.9. The Morgan fingerprint density at radius 3 is 2.29 bits per heavy atom. The normalized spacial score (nSPS) is 13.2. The van der Waals surface area contributed by atoms with Crippen molar-refractivity contribution in [2.24, 2.45) is 0 Å². The monoisotopic (exact) mass is 312 g/mol. The van der Waals surface area contributed by atoms with Gasteiger partial charge in [-0.25, -0.2) is 12.7 Å². The van der Waals surface area contributed by atoms with Crippen molar-refractivity contribution in [3.8, 4) is 0 Å². The lowest BCUT2D eigenvalue weighted by molar-refractivity contribution is -0.121. The first-order chi connectivity index (χ1) is 9.77. The summed E-state index contributed by atoms with van der Waals surface area (Å²) in [5, 5.41) is 2.91. The molecule has 0 heterocycles. The third-order valence-electron chi connectivity index (χ3n) is 3.36. The molecule has 0 radical (unpaired) electrons. The molecule has 118 valence electrons. The minimum absolute atomic E-state index is 0.0225. The predicted octanol–water partition coefficient (Wildman–Crippen LogP) is 1.78. The molecule has 6 heteroatoms. The van der Waals surface area contributed by atoms with Gasteiger partial charge in [0.15, 0.2) is 0 Å². The first-order valence-corrected chi connectivity index (χ1v) is 8.52. The maximum atomic E-state index is 11.9. The molecule has 0 aliphatic rings. The lowest BCUT2D eigenvalue weighted by Crippen LogP contribution is -2.32. The van der Waals surface area contributed by atoms with Gasteiger partial charge in [-0.15, -0.1) is 0 Å². The quantitative estimate of drug-likeness (QED) is 0.834. The summed E-state index contributed by atoms with van der Waals surface area (Å²) in [6, 6.07) is 6.86. The number of nitrogens with one attached hydrogen (secondary N) is 1. The van der Waals surface area contributed by atoms with E-state index in [-0.39, 0.29) is 16.8 Å². The van der Waals surface area contributed by atoms with Gasteiger partial charge >= 0.3 is 0 Å². The van der Waals surface area contributed by atoms with Crippen LogP contribution >= 0.6 is 0 Å². The molecule has 0 aliphatic carbocycles. The lowest BCUT2D eigenvalue weighted by Gasteiger charge is -2.12. The molecule has 21 heavy (non-hydrogen) atoms. The average molecular weight is 312 g/mol. The largest absolute Gasteiger partial charge is 0.354 e. The molecule has 1 aromatic rings. The molecular weight excluding hydrogens is 288 g/mol. The molecule has 1 aromatic carbocycles. The van der Waals surface area contributed by atoms with E-state index in [4.69, 9.17) is 0 Å². The van der Waals surface area contributed by atoms with Crippen LogP contribution in [0.4, 0.5) is 0 Å². The fourth-order valence-electron chi connectivity index (χ4n) is 1.75. The van der Waals surface area contributed by atoms with Gasteiger partial charge in [-0.1, -0.05) is 19.1 Å². The zero-order valence-corrected chi connectivity index (χ0v) is 13.9. The number of carbonyl (C=O) groups is 1. The van der Waals surface area contributed by atoms with Crippen molar-refractivity contribution in [1.82, 2.24) is 9.62 Å². The van der Waals surface area contributed by atoms with Gasteiger partial charge < -0.3 is 5.32 Å². The molecule has 5 nitrogen and oxygen atoms in total. The van der Waals surface area contributed by atoms with Gasteiger partial charge in [-0.05, 0) is 37.5 Å². The minimum atomic E-state index is -3.39. The summed E-state index contributed by atoms with van der Waals surface area (Å²) < 4.78 is 25.0. The van der Waals surface area contributed by atoms with E-state index in [1.807, 2.05) is 13.8 Å². The molecule has 0 spiro atoms. The van der Waals surface area contributed by atoms with Crippen LogP contribution in [-0.2, 0) is 21.2 Å². The number of benzene rings is 1. The fourth-order valence-corrected chi connectivity index (χ4v) is 2.65. The van der Waals surface area contributed by atoms with Crippen molar-refractivity contribution in [1.29, 1.82) is 0 Å². The van der Waals surface area contributed by atoms with Crippen molar-refractivity contribution >= 4 is 15.9 Å². The molecule has 0 aliphatic heterocycles. The number of hydrogen-bond acceptors (Lipinski definition) is 3. The van der Waals surface area contributed by atoms with Crippen LogP contribution < -0.4 is 5.32 Å². The van der Waals surface area contributed by atoms with Gasteiger partial charge in [-0.2, -0.15) is 0 Å². The molecule has 1 atom stereocenters. The molecule has 0 bridgehead atoms. The molecule has 0 fully saturated rings. The average Bonchev–Trinajstić information content (AvgIpc) is 2.45. The first-order valence-electron chi connectivity index (χ1n) is 7.08. The van der Waals surface area contributed by atoms with Gasteiger partial charge in [0.25, 0.3) is 0 Å². The third kappa shape index (κ3) is 5.13. The van der Waals surface area contributed by atoms with E-state index in [2.05, 4.69) is 5.32 Å². The Hall–Kier alpha value is -1.40. The molecule has 0 aromatic heterocycles. The predicted molar refractivity (Wildman–Crippen MR) is 83.5 cm³/mol. The van der Waals surface area contributed by atoms with E-state index in [0.29, 0.717) is 12.8 Å². The Balaban J connectivity index is 2.62. The fraction of sp³-hybridized carbons (Fsp3) is 0.533. The van der Waals surface area contributed by atoms with Crippen LogP contribution in [0.15, 0.2) is 29.2 Å². The third-order valence-corrected chi connectivity index (χ3v) is 5.19. The van der Waals surface area contributed by atoms with E-state index < -0.39 is 10.0 Å². The number of aryl methyl sites for hydroxylation is 1. The van der Waals surface area contributed by atoms with Crippen LogP contribution in [0.3, 0.4) is 0 Å². The van der Waals surface area contributed by atoms with Gasteiger partial charge in [-0.3, -0.25) is 4.79 Å². The van der Waals surface area contributed by atoms with Crippen molar-refractivity contribution in [3.05, 3.63) is 29.8 Å². The molecule has 0 saturated carbocycles. The molecule has 1 amide bonds. The van der Waals surface area contributed by atoms with Crippen LogP contribution in [0.25, 0.3) is 0 Å². The van der Waals surface area contributed by atoms with Crippen molar-refractivity contribution in [2.45, 2.75) is 44.0 Å². The lowest BCUT2D eigenvalue weighted by atomic mass is 10.1. The molecule has 1 rings (SSSR count). The second-order valence-corrected chi connectivity index (χ2v) is 7.46. The minimum Gasteiger partial charge on any atom is -0.354 e. The summed E-state index contributed by atoms with van der Waals surface area (Å²) in [4.78, 5) is 12.0. The second-order valence-electron chi connectivity index (χ2n) is 5.31. The molecule has 1 N–H and O–H groups in total. The Morgan fingerprint density at radius 2 is 1.81 bits per heavy atom. The second kappa shape index (κ2) is 7.56. The maximum Gasteiger partial charge on any atom is 0.242 e. The highest BCUT2D eigenvalue weighted by Crippen LogP contribution is 2.14. The van der Waals surface area contributed by atoms with E-state index in [1.54, 1.807) is 24.3 Å². The van der Waals surface area contributed by atoms with Gasteiger partial charge in [0.1, 0.15) is 0 Å². The molecule has 0 saturated heterocycles. The van der Waals surface area contributed by atoms with Crippen LogP contribution in [0, 0.1) is 0 Å².